The Morgan fingerprint density at radius 2 is 1.48 bits per heavy atom. The summed E-state index contributed by atoms with van der Waals surface area (Å²) in [7, 11) is 0. The number of piperidine rings is 1. The second-order valence-electron chi connectivity index (χ2n) is 8.79. The molecule has 1 N–H and O–H groups in total. The average Bonchev–Trinajstić information content (AvgIpc) is 3.54. The lowest BCUT2D eigenvalue weighted by atomic mass is 9.96. The maximum Gasteiger partial charge on any atom is 0.298 e. The van der Waals surface area contributed by atoms with Gasteiger partial charge in [0.15, 0.2) is 17.2 Å². The highest BCUT2D eigenvalue weighted by Gasteiger charge is 2.29. The van der Waals surface area contributed by atoms with E-state index >= 15 is 0 Å². The van der Waals surface area contributed by atoms with E-state index in [1.54, 1.807) is 0 Å². The summed E-state index contributed by atoms with van der Waals surface area (Å²) >= 11 is 0. The van der Waals surface area contributed by atoms with Crippen LogP contribution in [-0.4, -0.2) is 47.0 Å². The van der Waals surface area contributed by atoms with E-state index in [9.17, 15) is 4.79 Å². The van der Waals surface area contributed by atoms with Crippen LogP contribution in [0.25, 0.3) is 22.1 Å². The van der Waals surface area contributed by atoms with E-state index in [4.69, 9.17) is 14.4 Å². The van der Waals surface area contributed by atoms with E-state index in [-0.39, 0.29) is 11.8 Å². The molecule has 1 amide bonds. The first-order chi connectivity index (χ1) is 16.2. The van der Waals surface area contributed by atoms with Crippen LogP contribution in [0.15, 0.2) is 52.9 Å². The summed E-state index contributed by atoms with van der Waals surface area (Å²) in [5, 5.41) is 3.11. The molecule has 0 saturated carbocycles. The van der Waals surface area contributed by atoms with Crippen LogP contribution in [0, 0.1) is 5.92 Å². The number of nitrogens with zero attached hydrogens (tertiary/aromatic N) is 5. The predicted octanol–water partition coefficient (Wildman–Crippen LogP) is 4.23. The van der Waals surface area contributed by atoms with E-state index in [2.05, 4.69) is 20.1 Å². The zero-order valence-electron chi connectivity index (χ0n) is 18.4. The van der Waals surface area contributed by atoms with Crippen molar-refractivity contribution < 1.29 is 9.21 Å². The summed E-state index contributed by atoms with van der Waals surface area (Å²) in [5.41, 5.74) is 3.29. The van der Waals surface area contributed by atoms with Crippen molar-refractivity contribution in [1.29, 1.82) is 0 Å². The summed E-state index contributed by atoms with van der Waals surface area (Å²) in [6.45, 7) is 3.35. The van der Waals surface area contributed by atoms with E-state index in [0.29, 0.717) is 11.8 Å². The Morgan fingerprint density at radius 3 is 2.21 bits per heavy atom. The van der Waals surface area contributed by atoms with Crippen LogP contribution in [0.1, 0.15) is 25.7 Å². The summed E-state index contributed by atoms with van der Waals surface area (Å²) in [4.78, 5) is 31.8. The van der Waals surface area contributed by atoms with Gasteiger partial charge < -0.3 is 19.5 Å². The number of hydrogen-bond acceptors (Lipinski definition) is 7. The quantitative estimate of drug-likeness (QED) is 0.506. The predicted molar refractivity (Wildman–Crippen MR) is 129 cm³/mol. The molecule has 4 heterocycles. The number of carbonyl (C=O) groups excluding carboxylic acids is 1. The number of oxazole rings is 1. The molecule has 2 saturated heterocycles. The lowest BCUT2D eigenvalue weighted by Crippen LogP contribution is -2.38. The molecule has 4 aromatic rings. The largest absolute Gasteiger partial charge is 0.423 e. The van der Waals surface area contributed by atoms with Gasteiger partial charge in [-0.05, 0) is 49.9 Å². The van der Waals surface area contributed by atoms with Crippen molar-refractivity contribution in [3.63, 3.8) is 0 Å². The second-order valence-corrected chi connectivity index (χ2v) is 8.79. The number of fused-ring (bicyclic) bond motifs is 2. The highest BCUT2D eigenvalue weighted by atomic mass is 16.4. The third-order valence-electron chi connectivity index (χ3n) is 6.62. The molecule has 2 aliphatic rings. The molecule has 2 fully saturated rings. The molecule has 0 unspecified atom stereocenters. The van der Waals surface area contributed by atoms with Crippen LogP contribution in [0.5, 0.6) is 0 Å². The lowest BCUT2D eigenvalue weighted by Gasteiger charge is -2.30. The molecular formula is C25H26N6O2. The second kappa shape index (κ2) is 8.35. The Kier molecular flexibility index (Phi) is 5.05. The van der Waals surface area contributed by atoms with Gasteiger partial charge in [-0.2, -0.15) is 4.98 Å². The number of hydrogen-bond donors (Lipinski definition) is 1. The molecule has 168 valence electrons. The first kappa shape index (κ1) is 20.0. The Hall–Kier alpha value is -3.68. The molecule has 0 atom stereocenters. The van der Waals surface area contributed by atoms with Gasteiger partial charge in [-0.25, -0.2) is 9.97 Å². The van der Waals surface area contributed by atoms with Crippen molar-refractivity contribution in [1.82, 2.24) is 15.0 Å². The fraction of sp³-hybridized carbons (Fsp3) is 0.360. The van der Waals surface area contributed by atoms with Crippen molar-refractivity contribution in [2.45, 2.75) is 25.7 Å². The number of benzene rings is 2. The van der Waals surface area contributed by atoms with Crippen molar-refractivity contribution in [3.8, 4) is 0 Å². The monoisotopic (exact) mass is 442 g/mol. The highest BCUT2D eigenvalue weighted by Crippen LogP contribution is 2.30. The fourth-order valence-electron chi connectivity index (χ4n) is 4.77. The van der Waals surface area contributed by atoms with Crippen LogP contribution in [0.2, 0.25) is 0 Å². The number of rotatable bonds is 4. The highest BCUT2D eigenvalue weighted by molar-refractivity contribution is 5.95. The van der Waals surface area contributed by atoms with Crippen LogP contribution in [-0.2, 0) is 4.79 Å². The Labute approximate surface area is 191 Å². The molecule has 0 radical (unpaired) electrons. The zero-order valence-corrected chi connectivity index (χ0v) is 18.4. The number of carbonyl (C=O) groups is 1. The Balaban J connectivity index is 1.18. The molecule has 8 heteroatoms. The number of aromatic nitrogens is 3. The average molecular weight is 443 g/mol. The Morgan fingerprint density at radius 1 is 0.818 bits per heavy atom. The normalized spacial score (nSPS) is 17.2. The van der Waals surface area contributed by atoms with Gasteiger partial charge >= 0.3 is 0 Å². The van der Waals surface area contributed by atoms with E-state index in [1.807, 2.05) is 48.5 Å². The summed E-state index contributed by atoms with van der Waals surface area (Å²) in [6.07, 6.45) is 3.75. The van der Waals surface area contributed by atoms with Gasteiger partial charge in [-0.1, -0.05) is 24.3 Å². The topological polar surface area (TPSA) is 87.4 Å². The van der Waals surface area contributed by atoms with Gasteiger partial charge in [-0.3, -0.25) is 4.79 Å². The third kappa shape index (κ3) is 3.86. The van der Waals surface area contributed by atoms with Crippen molar-refractivity contribution in [3.05, 3.63) is 48.5 Å². The minimum atomic E-state index is -0.0784. The van der Waals surface area contributed by atoms with Crippen LogP contribution in [0.3, 0.4) is 0 Å². The van der Waals surface area contributed by atoms with Crippen molar-refractivity contribution >= 4 is 45.7 Å². The SMILES string of the molecule is O=C(Nc1nc2ccccc2nc1N1CCCC1)C1CCN(c2nc3ccccc3o2)CC1. The maximum absolute atomic E-state index is 13.2. The maximum atomic E-state index is 13.2. The molecular weight excluding hydrogens is 416 g/mol. The molecule has 0 aliphatic carbocycles. The molecule has 0 spiro atoms. The van der Waals surface area contributed by atoms with Gasteiger partial charge in [0.2, 0.25) is 5.91 Å². The van der Waals surface area contributed by atoms with Crippen LogP contribution >= 0.6 is 0 Å². The number of anilines is 3. The molecule has 8 nitrogen and oxygen atoms in total. The number of nitrogens with one attached hydrogen (secondary N) is 1. The van der Waals surface area contributed by atoms with E-state index < -0.39 is 0 Å². The smallest absolute Gasteiger partial charge is 0.298 e. The first-order valence-corrected chi connectivity index (χ1v) is 11.7. The molecule has 2 aliphatic heterocycles. The summed E-state index contributed by atoms with van der Waals surface area (Å²) in [5.74, 6) is 1.29. The Bertz CT molecular complexity index is 1270. The van der Waals surface area contributed by atoms with E-state index in [0.717, 1.165) is 79.8 Å². The van der Waals surface area contributed by atoms with Crippen LogP contribution in [0.4, 0.5) is 17.7 Å². The van der Waals surface area contributed by atoms with Gasteiger partial charge in [0.1, 0.15) is 5.52 Å². The van der Waals surface area contributed by atoms with Crippen molar-refractivity contribution in [2.75, 3.05) is 41.3 Å². The minimum Gasteiger partial charge on any atom is -0.423 e. The molecule has 6 rings (SSSR count). The summed E-state index contributed by atoms with van der Waals surface area (Å²) < 4.78 is 5.90. The van der Waals surface area contributed by atoms with Crippen molar-refractivity contribution in [2.24, 2.45) is 5.92 Å². The third-order valence-corrected chi connectivity index (χ3v) is 6.62. The van der Waals surface area contributed by atoms with Gasteiger partial charge in [0.25, 0.3) is 6.01 Å². The number of para-hydroxylation sites is 4. The molecule has 0 bridgehead atoms. The molecule has 33 heavy (non-hydrogen) atoms. The van der Waals surface area contributed by atoms with Gasteiger partial charge in [0, 0.05) is 32.1 Å². The minimum absolute atomic E-state index is 0.0113. The number of amides is 1. The standard InChI is InChI=1S/C25H26N6O2/c32-24(17-11-15-31(16-12-17)25-28-20-9-3-4-10-21(20)33-25)29-22-23(30-13-5-6-14-30)27-19-8-2-1-7-18(19)26-22/h1-4,7-10,17H,5-6,11-16H2,(H,26,29,32). The van der Waals surface area contributed by atoms with Gasteiger partial charge in [-0.15, -0.1) is 0 Å². The fourth-order valence-corrected chi connectivity index (χ4v) is 4.77. The van der Waals surface area contributed by atoms with Crippen LogP contribution < -0.4 is 15.1 Å². The molecule has 2 aromatic carbocycles. The molecule has 2 aromatic heterocycles. The van der Waals surface area contributed by atoms with E-state index in [1.165, 1.54) is 0 Å². The van der Waals surface area contributed by atoms with Gasteiger partial charge in [0.05, 0.1) is 11.0 Å². The first-order valence-electron chi connectivity index (χ1n) is 11.7. The lowest BCUT2D eigenvalue weighted by molar-refractivity contribution is -0.120. The summed E-state index contributed by atoms with van der Waals surface area (Å²) in [6, 6.07) is 16.2. The zero-order chi connectivity index (χ0) is 22.2.